The fourth-order valence-corrected chi connectivity index (χ4v) is 1.36. The Morgan fingerprint density at radius 1 is 1.47 bits per heavy atom. The van der Waals surface area contributed by atoms with Gasteiger partial charge >= 0.3 is 5.97 Å². The number of piperazine rings is 1. The molecule has 0 aromatic carbocycles. The number of carbonyl (C=O) groups excluding carboxylic acids is 1. The molecule has 0 radical (unpaired) electrons. The van der Waals surface area contributed by atoms with Crippen LogP contribution in [0.4, 0.5) is 0 Å². The second-order valence-corrected chi connectivity index (χ2v) is 3.48. The number of aromatic nitrogens is 1. The van der Waals surface area contributed by atoms with Gasteiger partial charge in [-0.2, -0.15) is 0 Å². The maximum atomic E-state index is 11.4. The molecule has 0 unspecified atom stereocenters. The molecule has 82 valence electrons. The molecule has 1 fully saturated rings. The van der Waals surface area contributed by atoms with E-state index in [1.807, 2.05) is 7.05 Å². The van der Waals surface area contributed by atoms with E-state index in [0.717, 1.165) is 26.2 Å². The Balaban J connectivity index is 1.85. The summed E-state index contributed by atoms with van der Waals surface area (Å²) in [5, 5.41) is 1.64. The molecule has 2 rings (SSSR count). The Morgan fingerprint density at radius 2 is 2.20 bits per heavy atom. The Bertz CT molecular complexity index is 317. The van der Waals surface area contributed by atoms with Crippen LogP contribution in [0.2, 0.25) is 0 Å². The fraction of sp³-hybridized carbons (Fsp3) is 0.556. The van der Waals surface area contributed by atoms with Gasteiger partial charge in [0.1, 0.15) is 0 Å². The molecule has 0 saturated carbocycles. The molecule has 1 aliphatic rings. The average molecular weight is 211 g/mol. The van der Waals surface area contributed by atoms with Gasteiger partial charge in [0.25, 0.3) is 0 Å². The van der Waals surface area contributed by atoms with Crippen LogP contribution < -0.4 is 0 Å². The Kier molecular flexibility index (Phi) is 2.98. The number of oxazole rings is 1. The molecule has 6 nitrogen and oxygen atoms in total. The van der Waals surface area contributed by atoms with E-state index in [1.165, 1.54) is 12.6 Å². The Hall–Kier alpha value is -1.40. The summed E-state index contributed by atoms with van der Waals surface area (Å²) in [6.07, 6.45) is 2.55. The molecular weight excluding hydrogens is 198 g/mol. The first-order chi connectivity index (χ1) is 7.25. The number of hydroxylamine groups is 2. The maximum Gasteiger partial charge on any atom is 0.394 e. The molecule has 1 aliphatic heterocycles. The quantitative estimate of drug-likeness (QED) is 0.686. The van der Waals surface area contributed by atoms with Crippen molar-refractivity contribution < 1.29 is 14.0 Å². The predicted molar refractivity (Wildman–Crippen MR) is 51.0 cm³/mol. The summed E-state index contributed by atoms with van der Waals surface area (Å²) in [5.74, 6) is -0.356. The van der Waals surface area contributed by atoms with Crippen molar-refractivity contribution in [3.63, 3.8) is 0 Å². The van der Waals surface area contributed by atoms with Gasteiger partial charge in [-0.1, -0.05) is 0 Å². The summed E-state index contributed by atoms with van der Waals surface area (Å²) in [4.78, 5) is 22.4. The van der Waals surface area contributed by atoms with E-state index >= 15 is 0 Å². The summed E-state index contributed by atoms with van der Waals surface area (Å²) in [7, 11) is 2.04. The molecule has 0 spiro atoms. The third-order valence-corrected chi connectivity index (χ3v) is 2.31. The zero-order valence-electron chi connectivity index (χ0n) is 8.55. The minimum Gasteiger partial charge on any atom is -0.436 e. The SMILES string of the molecule is CN1CCN(OC(=O)c2cnco2)CC1. The lowest BCUT2D eigenvalue weighted by atomic mass is 10.4. The van der Waals surface area contributed by atoms with Crippen molar-refractivity contribution in [1.82, 2.24) is 14.9 Å². The van der Waals surface area contributed by atoms with Crippen molar-refractivity contribution in [2.45, 2.75) is 0 Å². The first-order valence-electron chi connectivity index (χ1n) is 4.80. The normalized spacial score (nSPS) is 19.0. The molecule has 1 aromatic rings. The van der Waals surface area contributed by atoms with Crippen molar-refractivity contribution in [2.75, 3.05) is 33.2 Å². The molecular formula is C9H13N3O3. The lowest BCUT2D eigenvalue weighted by Crippen LogP contribution is -2.45. The monoisotopic (exact) mass is 211 g/mol. The van der Waals surface area contributed by atoms with Gasteiger partial charge in [-0.05, 0) is 7.05 Å². The average Bonchev–Trinajstić information content (AvgIpc) is 2.74. The van der Waals surface area contributed by atoms with Crippen molar-refractivity contribution >= 4 is 5.97 Å². The summed E-state index contributed by atoms with van der Waals surface area (Å²) in [6.45, 7) is 3.22. The maximum absolute atomic E-state index is 11.4. The summed E-state index contributed by atoms with van der Waals surface area (Å²) < 4.78 is 4.84. The van der Waals surface area contributed by atoms with Crippen LogP contribution in [0.3, 0.4) is 0 Å². The zero-order valence-corrected chi connectivity index (χ0v) is 8.55. The largest absolute Gasteiger partial charge is 0.436 e. The van der Waals surface area contributed by atoms with E-state index in [1.54, 1.807) is 5.06 Å². The molecule has 15 heavy (non-hydrogen) atoms. The fourth-order valence-electron chi connectivity index (χ4n) is 1.36. The van der Waals surface area contributed by atoms with E-state index in [0.29, 0.717) is 0 Å². The van der Waals surface area contributed by atoms with E-state index in [2.05, 4.69) is 9.88 Å². The molecule has 0 aliphatic carbocycles. The number of nitrogens with zero attached hydrogens (tertiary/aromatic N) is 3. The van der Waals surface area contributed by atoms with Crippen molar-refractivity contribution in [3.05, 3.63) is 18.4 Å². The first kappa shape index (κ1) is 10.1. The highest BCUT2D eigenvalue weighted by Crippen LogP contribution is 2.05. The standard InChI is InChI=1S/C9H13N3O3/c1-11-2-4-12(5-3-11)15-9(13)8-6-10-7-14-8/h6-7H,2-5H2,1H3. The number of rotatable bonds is 2. The van der Waals surface area contributed by atoms with Gasteiger partial charge in [-0.25, -0.2) is 9.78 Å². The van der Waals surface area contributed by atoms with Crippen LogP contribution >= 0.6 is 0 Å². The van der Waals surface area contributed by atoms with E-state index in [4.69, 9.17) is 9.25 Å². The van der Waals surface area contributed by atoms with Crippen molar-refractivity contribution in [1.29, 1.82) is 0 Å². The lowest BCUT2D eigenvalue weighted by Gasteiger charge is -2.30. The van der Waals surface area contributed by atoms with Crippen LogP contribution in [-0.2, 0) is 4.84 Å². The van der Waals surface area contributed by atoms with Crippen LogP contribution in [0.1, 0.15) is 10.6 Å². The van der Waals surface area contributed by atoms with Gasteiger partial charge in [0, 0.05) is 26.2 Å². The zero-order chi connectivity index (χ0) is 10.7. The van der Waals surface area contributed by atoms with Crippen LogP contribution in [0.15, 0.2) is 17.0 Å². The third-order valence-electron chi connectivity index (χ3n) is 2.31. The first-order valence-corrected chi connectivity index (χ1v) is 4.80. The predicted octanol–water partition coefficient (Wildman–Crippen LogP) is -0.00620. The van der Waals surface area contributed by atoms with Gasteiger partial charge < -0.3 is 14.2 Å². The molecule has 6 heteroatoms. The molecule has 1 saturated heterocycles. The van der Waals surface area contributed by atoms with E-state index in [-0.39, 0.29) is 5.76 Å². The van der Waals surface area contributed by atoms with E-state index < -0.39 is 5.97 Å². The number of carbonyl (C=O) groups is 1. The van der Waals surface area contributed by atoms with Gasteiger partial charge in [-0.3, -0.25) is 0 Å². The Labute approximate surface area is 87.4 Å². The number of hydrogen-bond acceptors (Lipinski definition) is 6. The lowest BCUT2D eigenvalue weighted by molar-refractivity contribution is -0.129. The molecule has 1 aromatic heterocycles. The smallest absolute Gasteiger partial charge is 0.394 e. The summed E-state index contributed by atoms with van der Waals surface area (Å²) in [5.41, 5.74) is 0. The minimum absolute atomic E-state index is 0.133. The number of likely N-dealkylation sites (N-methyl/N-ethyl adjacent to an activating group) is 1. The van der Waals surface area contributed by atoms with Crippen LogP contribution in [0.25, 0.3) is 0 Å². The van der Waals surface area contributed by atoms with Gasteiger partial charge in [0.15, 0.2) is 6.39 Å². The molecule has 0 bridgehead atoms. The Morgan fingerprint density at radius 3 is 2.80 bits per heavy atom. The molecule has 0 amide bonds. The number of hydrogen-bond donors (Lipinski definition) is 0. The van der Waals surface area contributed by atoms with Crippen molar-refractivity contribution in [3.8, 4) is 0 Å². The minimum atomic E-state index is -0.489. The van der Waals surface area contributed by atoms with Crippen LogP contribution in [0, 0.1) is 0 Å². The van der Waals surface area contributed by atoms with Gasteiger partial charge in [0.05, 0.1) is 6.20 Å². The van der Waals surface area contributed by atoms with E-state index in [9.17, 15) is 4.79 Å². The van der Waals surface area contributed by atoms with Gasteiger partial charge in [-0.15, -0.1) is 5.06 Å². The van der Waals surface area contributed by atoms with Crippen molar-refractivity contribution in [2.24, 2.45) is 0 Å². The molecule has 2 heterocycles. The summed E-state index contributed by atoms with van der Waals surface area (Å²) in [6, 6.07) is 0. The second-order valence-electron chi connectivity index (χ2n) is 3.48. The third kappa shape index (κ3) is 2.54. The summed E-state index contributed by atoms with van der Waals surface area (Å²) >= 11 is 0. The highest BCUT2D eigenvalue weighted by molar-refractivity contribution is 5.85. The highest BCUT2D eigenvalue weighted by atomic mass is 16.7. The topological polar surface area (TPSA) is 58.8 Å². The second kappa shape index (κ2) is 4.41. The molecule has 0 atom stereocenters. The highest BCUT2D eigenvalue weighted by Gasteiger charge is 2.20. The van der Waals surface area contributed by atoms with Gasteiger partial charge in [0.2, 0.25) is 5.76 Å². The molecule has 0 N–H and O–H groups in total. The van der Waals surface area contributed by atoms with Crippen LogP contribution in [-0.4, -0.2) is 54.1 Å². The van der Waals surface area contributed by atoms with Crippen LogP contribution in [0.5, 0.6) is 0 Å².